The molecule has 0 spiro atoms. The lowest BCUT2D eigenvalue weighted by Gasteiger charge is -2.34. The molecule has 0 heterocycles. The van der Waals surface area contributed by atoms with Gasteiger partial charge in [-0.25, -0.2) is 8.42 Å². The van der Waals surface area contributed by atoms with Crippen molar-refractivity contribution in [3.63, 3.8) is 0 Å². The van der Waals surface area contributed by atoms with Gasteiger partial charge in [0.2, 0.25) is 11.8 Å². The molecule has 0 radical (unpaired) electrons. The van der Waals surface area contributed by atoms with E-state index >= 15 is 0 Å². The van der Waals surface area contributed by atoms with Gasteiger partial charge in [-0.1, -0.05) is 96.1 Å². The van der Waals surface area contributed by atoms with E-state index in [0.717, 1.165) is 26.6 Å². The molecule has 0 aromatic heterocycles. The lowest BCUT2D eigenvalue weighted by molar-refractivity contribution is -0.140. The first-order valence-corrected chi connectivity index (χ1v) is 15.9. The van der Waals surface area contributed by atoms with Crippen LogP contribution >= 0.6 is 0 Å². The number of para-hydroxylation sites is 1. The minimum atomic E-state index is -4.13. The number of benzene rings is 4. The summed E-state index contributed by atoms with van der Waals surface area (Å²) in [5.41, 5.74) is 4.80. The van der Waals surface area contributed by atoms with Crippen LogP contribution in [0.4, 0.5) is 5.69 Å². The van der Waals surface area contributed by atoms with E-state index in [1.807, 2.05) is 94.4 Å². The second-order valence-corrected chi connectivity index (χ2v) is 12.6. The van der Waals surface area contributed by atoms with Gasteiger partial charge in [0.15, 0.2) is 0 Å². The van der Waals surface area contributed by atoms with Gasteiger partial charge in [-0.15, -0.1) is 0 Å². The standard InChI is InChI=1S/C35H39N3O4S/c1-5-36-35(40)33(23-29-14-7-6-8-15-29)37(24-30-16-11-12-27(3)22-30)34(39)25-38(32-17-10-9-13-28(32)4)43(41,42)31-20-18-26(2)19-21-31/h6-22,33H,5,23-25H2,1-4H3,(H,36,40)/t33-/m1/s1. The number of aryl methyl sites for hydroxylation is 3. The number of sulfonamides is 1. The van der Waals surface area contributed by atoms with Gasteiger partial charge < -0.3 is 10.2 Å². The average Bonchev–Trinajstić information content (AvgIpc) is 2.99. The Kier molecular flexibility index (Phi) is 10.4. The number of hydrogen-bond donors (Lipinski definition) is 1. The van der Waals surface area contributed by atoms with Gasteiger partial charge >= 0.3 is 0 Å². The fraction of sp³-hybridized carbons (Fsp3) is 0.257. The van der Waals surface area contributed by atoms with Gasteiger partial charge in [0.05, 0.1) is 10.6 Å². The molecule has 0 fully saturated rings. The predicted molar refractivity (Wildman–Crippen MR) is 171 cm³/mol. The summed E-state index contributed by atoms with van der Waals surface area (Å²) in [6, 6.07) is 30.1. The van der Waals surface area contributed by atoms with Gasteiger partial charge in [-0.2, -0.15) is 0 Å². The van der Waals surface area contributed by atoms with E-state index in [0.29, 0.717) is 17.8 Å². The Morgan fingerprint density at radius 1 is 0.767 bits per heavy atom. The van der Waals surface area contributed by atoms with Crippen molar-refractivity contribution >= 4 is 27.5 Å². The highest BCUT2D eigenvalue weighted by Gasteiger charge is 2.34. The molecule has 0 aliphatic heterocycles. The smallest absolute Gasteiger partial charge is 0.264 e. The second kappa shape index (κ2) is 14.2. The molecule has 1 N–H and O–H groups in total. The summed E-state index contributed by atoms with van der Waals surface area (Å²) >= 11 is 0. The summed E-state index contributed by atoms with van der Waals surface area (Å²) in [4.78, 5) is 29.6. The van der Waals surface area contributed by atoms with E-state index in [4.69, 9.17) is 0 Å². The third-order valence-electron chi connectivity index (χ3n) is 7.33. The molecule has 0 unspecified atom stereocenters. The highest BCUT2D eigenvalue weighted by molar-refractivity contribution is 7.92. The zero-order valence-corrected chi connectivity index (χ0v) is 26.0. The molecule has 0 saturated carbocycles. The molecule has 43 heavy (non-hydrogen) atoms. The zero-order valence-electron chi connectivity index (χ0n) is 25.2. The lowest BCUT2D eigenvalue weighted by Crippen LogP contribution is -2.53. The maximum atomic E-state index is 14.4. The Balaban J connectivity index is 1.80. The molecule has 0 saturated heterocycles. The third-order valence-corrected chi connectivity index (χ3v) is 9.10. The van der Waals surface area contributed by atoms with Crippen molar-refractivity contribution in [2.75, 3.05) is 17.4 Å². The number of hydrogen-bond acceptors (Lipinski definition) is 4. The van der Waals surface area contributed by atoms with E-state index in [1.54, 1.807) is 36.4 Å². The van der Waals surface area contributed by atoms with Crippen LogP contribution in [-0.4, -0.2) is 44.3 Å². The Hall–Kier alpha value is -4.43. The van der Waals surface area contributed by atoms with Crippen LogP contribution in [0.15, 0.2) is 108 Å². The first-order valence-electron chi connectivity index (χ1n) is 14.4. The predicted octanol–water partition coefficient (Wildman–Crippen LogP) is 5.58. The van der Waals surface area contributed by atoms with E-state index in [1.165, 1.54) is 4.90 Å². The molecule has 0 aliphatic carbocycles. The first-order chi connectivity index (χ1) is 20.6. The third kappa shape index (κ3) is 7.90. The summed E-state index contributed by atoms with van der Waals surface area (Å²) in [6.07, 6.45) is 0.277. The van der Waals surface area contributed by atoms with Crippen LogP contribution in [0.25, 0.3) is 0 Å². The fourth-order valence-electron chi connectivity index (χ4n) is 5.05. The molecular formula is C35H39N3O4S. The lowest BCUT2D eigenvalue weighted by atomic mass is 10.0. The summed E-state index contributed by atoms with van der Waals surface area (Å²) < 4.78 is 29.4. The Morgan fingerprint density at radius 3 is 2.07 bits per heavy atom. The largest absolute Gasteiger partial charge is 0.355 e. The van der Waals surface area contributed by atoms with Crippen LogP contribution < -0.4 is 9.62 Å². The monoisotopic (exact) mass is 597 g/mol. The van der Waals surface area contributed by atoms with Crippen molar-refractivity contribution in [1.29, 1.82) is 0 Å². The van der Waals surface area contributed by atoms with Gasteiger partial charge in [-0.3, -0.25) is 13.9 Å². The minimum Gasteiger partial charge on any atom is -0.355 e. The van der Waals surface area contributed by atoms with Crippen molar-refractivity contribution in [3.05, 3.63) is 131 Å². The van der Waals surface area contributed by atoms with Gasteiger partial charge in [0.25, 0.3) is 10.0 Å². The average molecular weight is 598 g/mol. The van der Waals surface area contributed by atoms with Gasteiger partial charge in [0, 0.05) is 19.5 Å². The maximum absolute atomic E-state index is 14.4. The minimum absolute atomic E-state index is 0.0870. The molecule has 1 atom stereocenters. The van der Waals surface area contributed by atoms with Crippen molar-refractivity contribution < 1.29 is 18.0 Å². The topological polar surface area (TPSA) is 86.8 Å². The molecule has 8 heteroatoms. The SMILES string of the molecule is CCNC(=O)[C@@H](Cc1ccccc1)N(Cc1cccc(C)c1)C(=O)CN(c1ccccc1C)S(=O)(=O)c1ccc(C)cc1. The second-order valence-electron chi connectivity index (χ2n) is 10.7. The quantitative estimate of drug-likeness (QED) is 0.231. The van der Waals surface area contributed by atoms with Crippen molar-refractivity contribution in [3.8, 4) is 0 Å². The number of carbonyl (C=O) groups excluding carboxylic acids is 2. The highest BCUT2D eigenvalue weighted by Crippen LogP contribution is 2.28. The number of anilines is 1. The maximum Gasteiger partial charge on any atom is 0.264 e. The van der Waals surface area contributed by atoms with Crippen LogP contribution in [-0.2, 0) is 32.6 Å². The number of likely N-dealkylation sites (N-methyl/N-ethyl adjacent to an activating group) is 1. The molecule has 4 rings (SSSR count). The summed E-state index contributed by atoms with van der Waals surface area (Å²) in [7, 11) is -4.13. The van der Waals surface area contributed by atoms with Gasteiger partial charge in [-0.05, 0) is 62.6 Å². The Bertz CT molecular complexity index is 1650. The van der Waals surface area contributed by atoms with Crippen LogP contribution in [0.5, 0.6) is 0 Å². The normalized spacial score (nSPS) is 11.9. The number of nitrogens with one attached hydrogen (secondary N) is 1. The zero-order chi connectivity index (χ0) is 31.0. The molecule has 7 nitrogen and oxygen atoms in total. The molecule has 4 aromatic rings. The summed E-state index contributed by atoms with van der Waals surface area (Å²) in [5, 5.41) is 2.89. The summed E-state index contributed by atoms with van der Waals surface area (Å²) in [6.45, 7) is 7.56. The molecular weight excluding hydrogens is 558 g/mol. The van der Waals surface area contributed by atoms with Crippen LogP contribution in [0, 0.1) is 20.8 Å². The number of nitrogens with zero attached hydrogens (tertiary/aromatic N) is 2. The van der Waals surface area contributed by atoms with Crippen LogP contribution in [0.3, 0.4) is 0 Å². The molecule has 224 valence electrons. The summed E-state index contributed by atoms with van der Waals surface area (Å²) in [5.74, 6) is -0.774. The van der Waals surface area contributed by atoms with E-state index < -0.39 is 28.5 Å². The highest BCUT2D eigenvalue weighted by atomic mass is 32.2. The molecule has 0 aliphatic rings. The molecule has 0 bridgehead atoms. The van der Waals surface area contributed by atoms with Crippen LogP contribution in [0.1, 0.15) is 34.7 Å². The molecule has 4 aromatic carbocycles. The van der Waals surface area contributed by atoms with Crippen molar-refractivity contribution in [1.82, 2.24) is 10.2 Å². The van der Waals surface area contributed by atoms with E-state index in [9.17, 15) is 18.0 Å². The van der Waals surface area contributed by atoms with Crippen molar-refractivity contribution in [2.24, 2.45) is 0 Å². The molecule has 2 amide bonds. The fourth-order valence-corrected chi connectivity index (χ4v) is 6.53. The first kappa shape index (κ1) is 31.5. The number of rotatable bonds is 12. The number of amides is 2. The number of carbonyl (C=O) groups is 2. The van der Waals surface area contributed by atoms with E-state index in [2.05, 4.69) is 5.32 Å². The van der Waals surface area contributed by atoms with Gasteiger partial charge in [0.1, 0.15) is 12.6 Å². The van der Waals surface area contributed by atoms with Crippen LogP contribution in [0.2, 0.25) is 0 Å². The Labute approximate surface area is 255 Å². The van der Waals surface area contributed by atoms with E-state index in [-0.39, 0.29) is 23.8 Å². The van der Waals surface area contributed by atoms with Crippen molar-refractivity contribution in [2.45, 2.75) is 51.6 Å². The Morgan fingerprint density at radius 2 is 1.42 bits per heavy atom.